The molecule has 0 amide bonds. The molecule has 3 nitrogen and oxygen atoms in total. The van der Waals surface area contributed by atoms with Crippen molar-refractivity contribution in [1.29, 1.82) is 5.26 Å². The van der Waals surface area contributed by atoms with Crippen molar-refractivity contribution in [2.45, 2.75) is 0 Å². The predicted molar refractivity (Wildman–Crippen MR) is 89.6 cm³/mol. The quantitative estimate of drug-likeness (QED) is 0.521. The largest absolute Gasteiger partial charge is 0.436 e. The summed E-state index contributed by atoms with van der Waals surface area (Å²) < 4.78 is 5.78. The molecule has 3 heteroatoms. The van der Waals surface area contributed by atoms with Crippen LogP contribution in [0.2, 0.25) is 0 Å². The molecule has 23 heavy (non-hydrogen) atoms. The van der Waals surface area contributed by atoms with Crippen LogP contribution in [0.15, 0.2) is 77.2 Å². The van der Waals surface area contributed by atoms with Crippen molar-refractivity contribution in [1.82, 2.24) is 4.98 Å². The minimum atomic E-state index is 0.623. The van der Waals surface area contributed by atoms with Crippen molar-refractivity contribution in [3.63, 3.8) is 0 Å². The van der Waals surface area contributed by atoms with E-state index in [1.807, 2.05) is 72.8 Å². The van der Waals surface area contributed by atoms with Crippen LogP contribution in [0.4, 0.5) is 0 Å². The smallest absolute Gasteiger partial charge is 0.227 e. The number of benzene rings is 3. The molecule has 0 aliphatic rings. The van der Waals surface area contributed by atoms with E-state index >= 15 is 0 Å². The predicted octanol–water partition coefficient (Wildman–Crippen LogP) is 5.03. The summed E-state index contributed by atoms with van der Waals surface area (Å²) in [5, 5.41) is 8.85. The summed E-state index contributed by atoms with van der Waals surface area (Å²) in [6, 6.07) is 25.5. The Morgan fingerprint density at radius 3 is 2.00 bits per heavy atom. The Morgan fingerprint density at radius 1 is 0.739 bits per heavy atom. The summed E-state index contributed by atoms with van der Waals surface area (Å²) >= 11 is 0. The third-order valence-electron chi connectivity index (χ3n) is 3.77. The molecular formula is C20H12N2O. The van der Waals surface area contributed by atoms with Gasteiger partial charge in [-0.05, 0) is 47.5 Å². The number of fused-ring (bicyclic) bond motifs is 1. The van der Waals surface area contributed by atoms with Crippen LogP contribution in [0.1, 0.15) is 5.56 Å². The van der Waals surface area contributed by atoms with Crippen molar-refractivity contribution < 1.29 is 4.42 Å². The third-order valence-corrected chi connectivity index (χ3v) is 3.77. The maximum Gasteiger partial charge on any atom is 0.227 e. The highest BCUT2D eigenvalue weighted by atomic mass is 16.3. The van der Waals surface area contributed by atoms with E-state index in [4.69, 9.17) is 9.68 Å². The zero-order valence-electron chi connectivity index (χ0n) is 12.2. The summed E-state index contributed by atoms with van der Waals surface area (Å²) in [5.41, 5.74) is 5.43. The van der Waals surface area contributed by atoms with Crippen LogP contribution < -0.4 is 0 Å². The molecule has 0 aliphatic heterocycles. The highest BCUT2D eigenvalue weighted by Gasteiger charge is 2.07. The molecule has 0 fully saturated rings. The zero-order chi connectivity index (χ0) is 15.6. The average Bonchev–Trinajstić information content (AvgIpc) is 3.06. The Labute approximate surface area is 133 Å². The maximum absolute atomic E-state index is 8.85. The van der Waals surface area contributed by atoms with Crippen LogP contribution in [0.3, 0.4) is 0 Å². The molecule has 108 valence electrons. The number of hydrogen-bond acceptors (Lipinski definition) is 3. The number of rotatable bonds is 2. The monoisotopic (exact) mass is 296 g/mol. The molecule has 0 aliphatic carbocycles. The van der Waals surface area contributed by atoms with Gasteiger partial charge in [-0.3, -0.25) is 0 Å². The number of nitriles is 1. The van der Waals surface area contributed by atoms with E-state index < -0.39 is 0 Å². The summed E-state index contributed by atoms with van der Waals surface area (Å²) in [7, 11) is 0. The Bertz CT molecular complexity index is 973. The van der Waals surface area contributed by atoms with Crippen LogP contribution in [0, 0.1) is 11.3 Å². The van der Waals surface area contributed by atoms with Crippen LogP contribution >= 0.6 is 0 Å². The molecule has 1 aromatic heterocycles. The molecule has 3 aromatic carbocycles. The second kappa shape index (κ2) is 5.43. The summed E-state index contributed by atoms with van der Waals surface area (Å²) in [4.78, 5) is 4.51. The molecular weight excluding hydrogens is 284 g/mol. The third kappa shape index (κ3) is 2.47. The molecule has 4 aromatic rings. The Kier molecular flexibility index (Phi) is 3.14. The first-order valence-electron chi connectivity index (χ1n) is 7.30. The van der Waals surface area contributed by atoms with Crippen molar-refractivity contribution in [3.8, 4) is 28.7 Å². The lowest BCUT2D eigenvalue weighted by Gasteiger charge is -2.02. The minimum absolute atomic E-state index is 0.623. The summed E-state index contributed by atoms with van der Waals surface area (Å²) in [6.45, 7) is 0. The van der Waals surface area contributed by atoms with E-state index in [1.54, 1.807) is 0 Å². The number of nitrogens with zero attached hydrogens (tertiary/aromatic N) is 2. The number of aromatic nitrogens is 1. The summed E-state index contributed by atoms with van der Waals surface area (Å²) in [6.07, 6.45) is 0. The molecule has 4 rings (SSSR count). The van der Waals surface area contributed by atoms with E-state index in [9.17, 15) is 0 Å². The lowest BCUT2D eigenvalue weighted by Crippen LogP contribution is -1.81. The minimum Gasteiger partial charge on any atom is -0.436 e. The van der Waals surface area contributed by atoms with E-state index in [1.165, 1.54) is 0 Å². The topological polar surface area (TPSA) is 49.8 Å². The van der Waals surface area contributed by atoms with E-state index in [0.29, 0.717) is 11.5 Å². The van der Waals surface area contributed by atoms with Crippen LogP contribution in [0.5, 0.6) is 0 Å². The van der Waals surface area contributed by atoms with Gasteiger partial charge in [0, 0.05) is 5.56 Å². The summed E-state index contributed by atoms with van der Waals surface area (Å²) in [5.74, 6) is 0.623. The fraction of sp³-hybridized carbons (Fsp3) is 0. The second-order valence-corrected chi connectivity index (χ2v) is 5.25. The highest BCUT2D eigenvalue weighted by Crippen LogP contribution is 2.27. The molecule has 1 heterocycles. The van der Waals surface area contributed by atoms with Crippen molar-refractivity contribution in [3.05, 3.63) is 78.4 Å². The fourth-order valence-electron chi connectivity index (χ4n) is 2.54. The first-order valence-corrected chi connectivity index (χ1v) is 7.30. The van der Waals surface area contributed by atoms with Gasteiger partial charge in [-0.1, -0.05) is 36.4 Å². The second-order valence-electron chi connectivity index (χ2n) is 5.25. The molecule has 0 saturated heterocycles. The molecule has 0 N–H and O–H groups in total. The lowest BCUT2D eigenvalue weighted by molar-refractivity contribution is 0.620. The van der Waals surface area contributed by atoms with Gasteiger partial charge in [-0.25, -0.2) is 4.98 Å². The molecule has 0 radical (unpaired) electrons. The van der Waals surface area contributed by atoms with Crippen molar-refractivity contribution in [2.24, 2.45) is 0 Å². The van der Waals surface area contributed by atoms with Gasteiger partial charge in [0.1, 0.15) is 5.52 Å². The SMILES string of the molecule is N#Cc1ccc(-c2ccc(-c3nc4ccccc4o3)cc2)cc1. The first-order chi connectivity index (χ1) is 11.3. The molecule has 0 bridgehead atoms. The average molecular weight is 296 g/mol. The van der Waals surface area contributed by atoms with E-state index in [-0.39, 0.29) is 0 Å². The van der Waals surface area contributed by atoms with Gasteiger partial charge >= 0.3 is 0 Å². The van der Waals surface area contributed by atoms with E-state index in [0.717, 1.165) is 27.8 Å². The first kappa shape index (κ1) is 13.3. The van der Waals surface area contributed by atoms with Crippen LogP contribution in [-0.4, -0.2) is 4.98 Å². The molecule has 0 unspecified atom stereocenters. The number of hydrogen-bond donors (Lipinski definition) is 0. The van der Waals surface area contributed by atoms with Gasteiger partial charge in [0.05, 0.1) is 11.6 Å². The molecule has 0 atom stereocenters. The standard InChI is InChI=1S/C20H12N2O/c21-13-14-5-7-15(8-6-14)16-9-11-17(12-10-16)20-22-18-3-1-2-4-19(18)23-20/h1-12H. The normalized spacial score (nSPS) is 10.6. The number of para-hydroxylation sites is 2. The Hall–Kier alpha value is -3.38. The molecule has 0 saturated carbocycles. The van der Waals surface area contributed by atoms with Gasteiger partial charge in [-0.2, -0.15) is 5.26 Å². The number of oxazole rings is 1. The van der Waals surface area contributed by atoms with E-state index in [2.05, 4.69) is 11.1 Å². The maximum atomic E-state index is 8.85. The van der Waals surface area contributed by atoms with Gasteiger partial charge in [-0.15, -0.1) is 0 Å². The van der Waals surface area contributed by atoms with Crippen LogP contribution in [0.25, 0.3) is 33.7 Å². The van der Waals surface area contributed by atoms with Crippen molar-refractivity contribution >= 4 is 11.1 Å². The van der Waals surface area contributed by atoms with Gasteiger partial charge in [0.25, 0.3) is 0 Å². The molecule has 0 spiro atoms. The Morgan fingerprint density at radius 2 is 1.35 bits per heavy atom. The lowest BCUT2D eigenvalue weighted by atomic mass is 10.0. The Balaban J connectivity index is 1.68. The van der Waals surface area contributed by atoms with Gasteiger partial charge < -0.3 is 4.42 Å². The van der Waals surface area contributed by atoms with Gasteiger partial charge in [0.15, 0.2) is 5.58 Å². The highest BCUT2D eigenvalue weighted by molar-refractivity contribution is 5.76. The zero-order valence-corrected chi connectivity index (χ0v) is 12.2. The fourth-order valence-corrected chi connectivity index (χ4v) is 2.54. The van der Waals surface area contributed by atoms with Crippen molar-refractivity contribution in [2.75, 3.05) is 0 Å². The van der Waals surface area contributed by atoms with Gasteiger partial charge in [0.2, 0.25) is 5.89 Å². The van der Waals surface area contributed by atoms with Crippen LogP contribution in [-0.2, 0) is 0 Å².